The molecule has 0 aliphatic rings. The van der Waals surface area contributed by atoms with Gasteiger partial charge in [-0.1, -0.05) is 25.8 Å². The Balaban J connectivity index is 2.67. The lowest BCUT2D eigenvalue weighted by Gasteiger charge is -2.15. The first kappa shape index (κ1) is 20.1. The van der Waals surface area contributed by atoms with Gasteiger partial charge in [0.15, 0.2) is 17.5 Å². The maximum atomic E-state index is 10.4. The Labute approximate surface area is 145 Å². The zero-order chi connectivity index (χ0) is 17.8. The number of hydrogen-bond donors (Lipinski definition) is 3. The third-order valence-corrected chi connectivity index (χ3v) is 3.63. The second-order valence-electron chi connectivity index (χ2n) is 5.48. The van der Waals surface area contributed by atoms with E-state index >= 15 is 0 Å². The molecule has 3 N–H and O–H groups in total. The molecular weight excluding hydrogens is 306 g/mol. The van der Waals surface area contributed by atoms with Crippen LogP contribution in [0.4, 0.5) is 0 Å². The number of guanidine groups is 1. The number of aliphatic hydroxyl groups is 1. The predicted octanol–water partition coefficient (Wildman–Crippen LogP) is 2.48. The van der Waals surface area contributed by atoms with Crippen molar-refractivity contribution in [1.82, 2.24) is 10.6 Å². The Morgan fingerprint density at radius 2 is 1.88 bits per heavy atom. The van der Waals surface area contributed by atoms with Crippen LogP contribution in [0.15, 0.2) is 23.2 Å². The second-order valence-corrected chi connectivity index (χ2v) is 5.48. The highest BCUT2D eigenvalue weighted by atomic mass is 16.5. The Kier molecular flexibility index (Phi) is 9.68. The zero-order valence-electron chi connectivity index (χ0n) is 15.3. The maximum Gasteiger partial charge on any atom is 0.191 e. The average Bonchev–Trinajstić information content (AvgIpc) is 2.62. The van der Waals surface area contributed by atoms with Gasteiger partial charge < -0.3 is 25.2 Å². The molecule has 0 fully saturated rings. The van der Waals surface area contributed by atoms with E-state index in [-0.39, 0.29) is 6.54 Å². The minimum atomic E-state index is -0.698. The van der Waals surface area contributed by atoms with Gasteiger partial charge in [0.2, 0.25) is 0 Å². The highest BCUT2D eigenvalue weighted by Crippen LogP contribution is 2.29. The minimum Gasteiger partial charge on any atom is -0.493 e. The molecule has 0 saturated heterocycles. The summed E-state index contributed by atoms with van der Waals surface area (Å²) >= 11 is 0. The van der Waals surface area contributed by atoms with E-state index in [0.29, 0.717) is 11.5 Å². The monoisotopic (exact) mass is 337 g/mol. The molecule has 0 aromatic heterocycles. The van der Waals surface area contributed by atoms with Crippen molar-refractivity contribution in [3.8, 4) is 11.5 Å². The average molecular weight is 337 g/mol. The molecule has 1 rings (SSSR count). The molecule has 0 spiro atoms. The lowest BCUT2D eigenvalue weighted by molar-refractivity contribution is 0.186. The van der Waals surface area contributed by atoms with Crippen molar-refractivity contribution in [2.75, 3.05) is 33.9 Å². The van der Waals surface area contributed by atoms with Crippen LogP contribution in [0.25, 0.3) is 0 Å². The van der Waals surface area contributed by atoms with Gasteiger partial charge in [-0.25, -0.2) is 0 Å². The molecule has 24 heavy (non-hydrogen) atoms. The molecule has 1 aromatic carbocycles. The second kappa shape index (κ2) is 11.6. The smallest absolute Gasteiger partial charge is 0.191 e. The van der Waals surface area contributed by atoms with E-state index in [9.17, 15) is 5.11 Å². The quantitative estimate of drug-likeness (QED) is 0.347. The fourth-order valence-corrected chi connectivity index (χ4v) is 2.27. The first-order valence-corrected chi connectivity index (χ1v) is 8.58. The van der Waals surface area contributed by atoms with Crippen LogP contribution in [-0.4, -0.2) is 44.9 Å². The van der Waals surface area contributed by atoms with Gasteiger partial charge in [0.25, 0.3) is 0 Å². The van der Waals surface area contributed by atoms with Crippen LogP contribution in [0.5, 0.6) is 11.5 Å². The van der Waals surface area contributed by atoms with Crippen molar-refractivity contribution in [2.45, 2.75) is 39.2 Å². The van der Waals surface area contributed by atoms with E-state index in [1.165, 1.54) is 12.8 Å². The Morgan fingerprint density at radius 3 is 2.50 bits per heavy atom. The normalized spacial score (nSPS) is 12.6. The van der Waals surface area contributed by atoms with Gasteiger partial charge in [-0.2, -0.15) is 0 Å². The van der Waals surface area contributed by atoms with Crippen molar-refractivity contribution < 1.29 is 14.6 Å². The molecule has 0 heterocycles. The fourth-order valence-electron chi connectivity index (χ4n) is 2.27. The van der Waals surface area contributed by atoms with Gasteiger partial charge >= 0.3 is 0 Å². The van der Waals surface area contributed by atoms with E-state index in [4.69, 9.17) is 9.47 Å². The van der Waals surface area contributed by atoms with E-state index < -0.39 is 6.10 Å². The molecule has 6 heteroatoms. The standard InChI is InChI=1S/C18H31N3O3/c1-5-7-8-11-20-18(19-6-2)21-13-15(22)14-9-10-16(23-3)17(12-14)24-4/h9-10,12,15,22H,5-8,11,13H2,1-4H3,(H2,19,20,21). The molecule has 1 atom stereocenters. The molecule has 0 saturated carbocycles. The van der Waals surface area contributed by atoms with Crippen molar-refractivity contribution in [1.29, 1.82) is 0 Å². The number of methoxy groups -OCH3 is 2. The molecular formula is C18H31N3O3. The highest BCUT2D eigenvalue weighted by Gasteiger charge is 2.11. The Bertz CT molecular complexity index is 506. The zero-order valence-corrected chi connectivity index (χ0v) is 15.3. The SMILES string of the molecule is CCCCCNC(=NCC(O)c1ccc(OC)c(OC)c1)NCC. The number of aliphatic hydroxyl groups excluding tert-OH is 1. The van der Waals surface area contributed by atoms with Crippen LogP contribution in [0.2, 0.25) is 0 Å². The van der Waals surface area contributed by atoms with Gasteiger partial charge in [-0.15, -0.1) is 0 Å². The summed E-state index contributed by atoms with van der Waals surface area (Å²) in [6.07, 6.45) is 2.80. The third kappa shape index (κ3) is 6.66. The van der Waals surface area contributed by atoms with Crippen LogP contribution in [0.3, 0.4) is 0 Å². The summed E-state index contributed by atoms with van der Waals surface area (Å²) in [6.45, 7) is 6.14. The molecule has 0 aliphatic heterocycles. The number of nitrogens with zero attached hydrogens (tertiary/aromatic N) is 1. The van der Waals surface area contributed by atoms with Crippen molar-refractivity contribution in [2.24, 2.45) is 4.99 Å². The first-order valence-electron chi connectivity index (χ1n) is 8.58. The van der Waals surface area contributed by atoms with Crippen LogP contribution in [0.1, 0.15) is 44.8 Å². The van der Waals surface area contributed by atoms with E-state index in [1.807, 2.05) is 13.0 Å². The van der Waals surface area contributed by atoms with Crippen LogP contribution in [-0.2, 0) is 0 Å². The predicted molar refractivity (Wildman–Crippen MR) is 98.0 cm³/mol. The maximum absolute atomic E-state index is 10.4. The third-order valence-electron chi connectivity index (χ3n) is 3.63. The lowest BCUT2D eigenvalue weighted by atomic mass is 10.1. The van der Waals surface area contributed by atoms with E-state index in [0.717, 1.165) is 31.0 Å². The van der Waals surface area contributed by atoms with E-state index in [1.54, 1.807) is 26.4 Å². The minimum absolute atomic E-state index is 0.276. The van der Waals surface area contributed by atoms with Crippen molar-refractivity contribution in [3.63, 3.8) is 0 Å². The summed E-state index contributed by atoms with van der Waals surface area (Å²) in [5.74, 6) is 1.97. The molecule has 0 bridgehead atoms. The molecule has 1 unspecified atom stereocenters. The summed E-state index contributed by atoms with van der Waals surface area (Å²) in [6, 6.07) is 5.39. The number of nitrogens with one attached hydrogen (secondary N) is 2. The topological polar surface area (TPSA) is 75.1 Å². The lowest BCUT2D eigenvalue weighted by Crippen LogP contribution is -2.38. The summed E-state index contributed by atoms with van der Waals surface area (Å²) in [5.41, 5.74) is 0.748. The first-order chi connectivity index (χ1) is 11.7. The molecule has 0 radical (unpaired) electrons. The largest absolute Gasteiger partial charge is 0.493 e. The van der Waals surface area contributed by atoms with Crippen LogP contribution >= 0.6 is 0 Å². The summed E-state index contributed by atoms with van der Waals surface area (Å²) in [7, 11) is 3.17. The van der Waals surface area contributed by atoms with Gasteiger partial charge in [-0.05, 0) is 31.0 Å². The molecule has 6 nitrogen and oxygen atoms in total. The number of benzene rings is 1. The summed E-state index contributed by atoms with van der Waals surface area (Å²) in [5, 5.41) is 16.8. The van der Waals surface area contributed by atoms with Gasteiger partial charge in [-0.3, -0.25) is 4.99 Å². The number of unbranched alkanes of at least 4 members (excludes halogenated alkanes) is 2. The number of rotatable bonds is 10. The van der Waals surface area contributed by atoms with Gasteiger partial charge in [0, 0.05) is 13.1 Å². The molecule has 0 aliphatic carbocycles. The molecule has 1 aromatic rings. The van der Waals surface area contributed by atoms with Crippen LogP contribution in [0, 0.1) is 0 Å². The Morgan fingerprint density at radius 1 is 1.12 bits per heavy atom. The highest BCUT2D eigenvalue weighted by molar-refractivity contribution is 5.79. The van der Waals surface area contributed by atoms with Crippen molar-refractivity contribution in [3.05, 3.63) is 23.8 Å². The molecule has 0 amide bonds. The number of hydrogen-bond acceptors (Lipinski definition) is 4. The fraction of sp³-hybridized carbons (Fsp3) is 0.611. The van der Waals surface area contributed by atoms with E-state index in [2.05, 4.69) is 22.5 Å². The van der Waals surface area contributed by atoms with Crippen LogP contribution < -0.4 is 20.1 Å². The Hall–Kier alpha value is -1.95. The van der Waals surface area contributed by atoms with Crippen molar-refractivity contribution >= 4 is 5.96 Å². The van der Waals surface area contributed by atoms with Gasteiger partial charge in [0.1, 0.15) is 0 Å². The summed E-state index contributed by atoms with van der Waals surface area (Å²) < 4.78 is 10.5. The number of ether oxygens (including phenoxy) is 2. The molecule has 136 valence electrons. The van der Waals surface area contributed by atoms with Gasteiger partial charge in [0.05, 0.1) is 26.9 Å². The summed E-state index contributed by atoms with van der Waals surface area (Å²) in [4.78, 5) is 4.46. The number of aliphatic imine (C=N–C) groups is 1.